The zero-order valence-electron chi connectivity index (χ0n) is 17.9. The summed E-state index contributed by atoms with van der Waals surface area (Å²) in [5.74, 6) is 0.802. The van der Waals surface area contributed by atoms with E-state index >= 15 is 0 Å². The third-order valence-electron chi connectivity index (χ3n) is 5.95. The van der Waals surface area contributed by atoms with E-state index in [0.717, 1.165) is 63.9 Å². The molecule has 0 saturated carbocycles. The molecule has 1 N–H and O–H groups in total. The molecule has 7 nitrogen and oxygen atoms in total. The Morgan fingerprint density at radius 1 is 1.00 bits per heavy atom. The van der Waals surface area contributed by atoms with Crippen LogP contribution in [-0.2, 0) is 4.74 Å². The molecule has 2 aliphatic rings. The number of hydrogen-bond donors (Lipinski definition) is 1. The second kappa shape index (κ2) is 9.45. The van der Waals surface area contributed by atoms with Crippen LogP contribution in [0.5, 0.6) is 0 Å². The van der Waals surface area contributed by atoms with Crippen LogP contribution in [0.3, 0.4) is 0 Å². The highest BCUT2D eigenvalue weighted by Crippen LogP contribution is 2.21. The van der Waals surface area contributed by atoms with E-state index in [4.69, 9.17) is 4.74 Å². The largest absolute Gasteiger partial charge is 0.378 e. The number of hydrogen-bond acceptors (Lipinski definition) is 6. The number of ether oxygens (including phenoxy) is 1. The van der Waals surface area contributed by atoms with Gasteiger partial charge in [-0.2, -0.15) is 0 Å². The van der Waals surface area contributed by atoms with Gasteiger partial charge in [-0.25, -0.2) is 4.98 Å². The SMILES string of the molecule is CC(NC(=O)c1ccnc(N2CCN(C)CC2)c1)c1ccc(N2CCOCC2)cc1. The fraction of sp³-hybridized carbons (Fsp3) is 0.478. The number of aromatic nitrogens is 1. The molecule has 2 saturated heterocycles. The minimum Gasteiger partial charge on any atom is -0.378 e. The summed E-state index contributed by atoms with van der Waals surface area (Å²) >= 11 is 0. The Kier molecular flexibility index (Phi) is 6.50. The van der Waals surface area contributed by atoms with Crippen molar-refractivity contribution in [2.24, 2.45) is 0 Å². The lowest BCUT2D eigenvalue weighted by atomic mass is 10.1. The average molecular weight is 410 g/mol. The number of rotatable bonds is 5. The maximum absolute atomic E-state index is 12.8. The van der Waals surface area contributed by atoms with Crippen LogP contribution in [0, 0.1) is 0 Å². The van der Waals surface area contributed by atoms with Crippen LogP contribution in [0.2, 0.25) is 0 Å². The van der Waals surface area contributed by atoms with Crippen molar-refractivity contribution >= 4 is 17.4 Å². The van der Waals surface area contributed by atoms with Gasteiger partial charge in [-0.15, -0.1) is 0 Å². The van der Waals surface area contributed by atoms with E-state index in [1.165, 1.54) is 5.69 Å². The standard InChI is InChI=1S/C23H31N5O2/c1-18(19-3-5-21(6-4-19)27-13-15-30-16-14-27)25-23(29)20-7-8-24-22(17-20)28-11-9-26(2)10-12-28/h3-8,17-18H,9-16H2,1-2H3,(H,25,29). The number of amides is 1. The maximum Gasteiger partial charge on any atom is 0.251 e. The first kappa shape index (κ1) is 20.6. The van der Waals surface area contributed by atoms with E-state index in [-0.39, 0.29) is 11.9 Å². The molecule has 0 radical (unpaired) electrons. The summed E-state index contributed by atoms with van der Waals surface area (Å²) in [5, 5.41) is 3.12. The number of benzene rings is 1. The molecule has 1 aromatic carbocycles. The van der Waals surface area contributed by atoms with Gasteiger partial charge in [0.25, 0.3) is 5.91 Å². The van der Waals surface area contributed by atoms with Gasteiger partial charge in [0.15, 0.2) is 0 Å². The first-order valence-electron chi connectivity index (χ1n) is 10.7. The minimum absolute atomic E-state index is 0.0717. The number of anilines is 2. The molecule has 4 rings (SSSR count). The van der Waals surface area contributed by atoms with Crippen LogP contribution in [-0.4, -0.2) is 75.3 Å². The Bertz CT molecular complexity index is 843. The molecule has 1 unspecified atom stereocenters. The smallest absolute Gasteiger partial charge is 0.251 e. The Balaban J connectivity index is 1.38. The Hall–Kier alpha value is -2.64. The quantitative estimate of drug-likeness (QED) is 0.817. The maximum atomic E-state index is 12.8. The van der Waals surface area contributed by atoms with Crippen molar-refractivity contribution in [1.82, 2.24) is 15.2 Å². The van der Waals surface area contributed by atoms with Crippen LogP contribution in [0.1, 0.15) is 28.9 Å². The Labute approximate surface area is 178 Å². The average Bonchev–Trinajstić information content (AvgIpc) is 2.80. The normalized spacial score (nSPS) is 18.9. The topological polar surface area (TPSA) is 60.9 Å². The summed E-state index contributed by atoms with van der Waals surface area (Å²) in [7, 11) is 2.13. The second-order valence-electron chi connectivity index (χ2n) is 8.08. The van der Waals surface area contributed by atoms with E-state index < -0.39 is 0 Å². The minimum atomic E-state index is -0.0727. The van der Waals surface area contributed by atoms with E-state index in [0.29, 0.717) is 5.56 Å². The molecule has 30 heavy (non-hydrogen) atoms. The van der Waals surface area contributed by atoms with E-state index in [1.54, 1.807) is 12.3 Å². The van der Waals surface area contributed by atoms with Gasteiger partial charge in [0.2, 0.25) is 0 Å². The fourth-order valence-electron chi connectivity index (χ4n) is 3.93. The number of carbonyl (C=O) groups is 1. The van der Waals surface area contributed by atoms with E-state index in [9.17, 15) is 4.79 Å². The fourth-order valence-corrected chi connectivity index (χ4v) is 3.93. The van der Waals surface area contributed by atoms with Crippen molar-refractivity contribution in [2.45, 2.75) is 13.0 Å². The highest BCUT2D eigenvalue weighted by atomic mass is 16.5. The molecule has 0 bridgehead atoms. The van der Waals surface area contributed by atoms with E-state index in [1.807, 2.05) is 13.0 Å². The van der Waals surface area contributed by atoms with Gasteiger partial charge in [0.05, 0.1) is 19.3 Å². The molecule has 0 spiro atoms. The number of nitrogens with zero attached hydrogens (tertiary/aromatic N) is 4. The molecule has 1 amide bonds. The molecule has 0 aliphatic carbocycles. The lowest BCUT2D eigenvalue weighted by molar-refractivity contribution is 0.0939. The first-order valence-corrected chi connectivity index (χ1v) is 10.7. The number of morpholine rings is 1. The van der Waals surface area contributed by atoms with Gasteiger partial charge in [-0.3, -0.25) is 4.79 Å². The molecule has 2 fully saturated rings. The molecular weight excluding hydrogens is 378 g/mol. The molecule has 1 aromatic heterocycles. The highest BCUT2D eigenvalue weighted by Gasteiger charge is 2.18. The zero-order chi connectivity index (χ0) is 20.9. The molecular formula is C23H31N5O2. The molecule has 3 heterocycles. The van der Waals surface area contributed by atoms with Crippen molar-refractivity contribution < 1.29 is 9.53 Å². The van der Waals surface area contributed by atoms with Crippen molar-refractivity contribution in [2.75, 3.05) is 69.3 Å². The van der Waals surface area contributed by atoms with Crippen molar-refractivity contribution in [3.63, 3.8) is 0 Å². The third-order valence-corrected chi connectivity index (χ3v) is 5.95. The molecule has 1 atom stereocenters. The summed E-state index contributed by atoms with van der Waals surface area (Å²) < 4.78 is 5.42. The van der Waals surface area contributed by atoms with Gasteiger partial charge in [-0.05, 0) is 43.8 Å². The molecule has 2 aliphatic heterocycles. The summed E-state index contributed by atoms with van der Waals surface area (Å²) in [4.78, 5) is 24.2. The van der Waals surface area contributed by atoms with Crippen LogP contribution in [0.15, 0.2) is 42.6 Å². The molecule has 160 valence electrons. The Morgan fingerprint density at radius 3 is 2.40 bits per heavy atom. The lowest BCUT2D eigenvalue weighted by Gasteiger charge is -2.33. The number of carbonyl (C=O) groups excluding carboxylic acids is 1. The number of pyridine rings is 1. The van der Waals surface area contributed by atoms with Gasteiger partial charge < -0.3 is 24.8 Å². The van der Waals surface area contributed by atoms with Crippen LogP contribution in [0.25, 0.3) is 0 Å². The number of piperazine rings is 1. The predicted octanol–water partition coefficient (Wildman–Crippen LogP) is 2.16. The second-order valence-corrected chi connectivity index (χ2v) is 8.08. The third kappa shape index (κ3) is 4.91. The van der Waals surface area contributed by atoms with Gasteiger partial charge >= 0.3 is 0 Å². The van der Waals surface area contributed by atoms with Crippen LogP contribution < -0.4 is 15.1 Å². The van der Waals surface area contributed by atoms with E-state index in [2.05, 4.69) is 56.3 Å². The summed E-state index contributed by atoms with van der Waals surface area (Å²) in [6.07, 6.45) is 1.73. The zero-order valence-corrected chi connectivity index (χ0v) is 17.9. The monoisotopic (exact) mass is 409 g/mol. The lowest BCUT2D eigenvalue weighted by Crippen LogP contribution is -2.44. The van der Waals surface area contributed by atoms with Gasteiger partial charge in [0, 0.05) is 56.7 Å². The van der Waals surface area contributed by atoms with Crippen LogP contribution in [0.4, 0.5) is 11.5 Å². The predicted molar refractivity (Wildman–Crippen MR) is 119 cm³/mol. The summed E-state index contributed by atoms with van der Waals surface area (Å²) in [6, 6.07) is 12.0. The highest BCUT2D eigenvalue weighted by molar-refractivity contribution is 5.95. The first-order chi connectivity index (χ1) is 14.6. The summed E-state index contributed by atoms with van der Waals surface area (Å²) in [6.45, 7) is 9.29. The van der Waals surface area contributed by atoms with Crippen molar-refractivity contribution in [3.05, 3.63) is 53.7 Å². The number of likely N-dealkylation sites (N-methyl/N-ethyl adjacent to an activating group) is 1. The van der Waals surface area contributed by atoms with Gasteiger partial charge in [0.1, 0.15) is 5.82 Å². The summed E-state index contributed by atoms with van der Waals surface area (Å²) in [5.41, 5.74) is 2.94. The molecule has 7 heteroatoms. The van der Waals surface area contributed by atoms with Crippen LogP contribution >= 0.6 is 0 Å². The van der Waals surface area contributed by atoms with Crippen molar-refractivity contribution in [1.29, 1.82) is 0 Å². The number of nitrogens with one attached hydrogen (secondary N) is 1. The van der Waals surface area contributed by atoms with Crippen molar-refractivity contribution in [3.8, 4) is 0 Å². The van der Waals surface area contributed by atoms with Gasteiger partial charge in [-0.1, -0.05) is 12.1 Å². The Morgan fingerprint density at radius 2 is 1.70 bits per heavy atom. The molecule has 2 aromatic rings.